The van der Waals surface area contributed by atoms with Crippen molar-refractivity contribution in [2.24, 2.45) is 0 Å². The Morgan fingerprint density at radius 3 is 0.973 bits per heavy atom. The van der Waals surface area contributed by atoms with Gasteiger partial charge in [0.15, 0.2) is 46.5 Å². The van der Waals surface area contributed by atoms with E-state index in [1.165, 1.54) is 18.2 Å². The lowest BCUT2D eigenvalue weighted by Gasteiger charge is -2.08. The molecule has 37 heavy (non-hydrogen) atoms. The van der Waals surface area contributed by atoms with Crippen LogP contribution in [-0.4, -0.2) is 0 Å². The van der Waals surface area contributed by atoms with E-state index in [4.69, 9.17) is 10.5 Å². The number of rotatable bonds is 2. The molecule has 1 aliphatic carbocycles. The summed E-state index contributed by atoms with van der Waals surface area (Å²) >= 11 is 0. The van der Waals surface area contributed by atoms with Gasteiger partial charge in [0.25, 0.3) is 0 Å². The van der Waals surface area contributed by atoms with Crippen molar-refractivity contribution in [3.63, 3.8) is 0 Å². The van der Waals surface area contributed by atoms with Gasteiger partial charge in [0, 0.05) is 22.3 Å². The van der Waals surface area contributed by atoms with Crippen LogP contribution in [-0.2, 0) is 0 Å². The fraction of sp³-hybridized carbons (Fsp3) is 0.0417. The molecule has 2 aromatic carbocycles. The van der Waals surface area contributed by atoms with Gasteiger partial charge in [-0.25, -0.2) is 35.1 Å². The van der Waals surface area contributed by atoms with E-state index in [1.54, 1.807) is 0 Å². The first kappa shape index (κ1) is 26.2. The Labute approximate surface area is 201 Å². The molecule has 1 fully saturated rings. The second-order valence-corrected chi connectivity index (χ2v) is 7.07. The fourth-order valence-electron chi connectivity index (χ4n) is 3.49. The number of nitrogens with zero attached hydrogens (tertiary/aromatic N) is 5. The molecule has 0 unspecified atom stereocenters. The summed E-state index contributed by atoms with van der Waals surface area (Å²) in [6.07, 6.45) is 0. The van der Waals surface area contributed by atoms with Gasteiger partial charge in [0.2, 0.25) is 0 Å². The van der Waals surface area contributed by atoms with Gasteiger partial charge in [0.1, 0.15) is 35.4 Å². The van der Waals surface area contributed by atoms with Gasteiger partial charge in [-0.05, 0) is 6.92 Å². The van der Waals surface area contributed by atoms with E-state index >= 15 is 0 Å². The van der Waals surface area contributed by atoms with E-state index in [0.717, 1.165) is 19.1 Å². The first-order valence-corrected chi connectivity index (χ1v) is 9.38. The molecule has 5 nitrogen and oxygen atoms in total. The zero-order valence-corrected chi connectivity index (χ0v) is 17.8. The number of hydrogen-bond donors (Lipinski definition) is 0. The summed E-state index contributed by atoms with van der Waals surface area (Å²) in [5.41, 5.74) is -11.8. The molecule has 0 radical (unpaired) electrons. The maximum Gasteiger partial charge on any atom is 0.180 e. The van der Waals surface area contributed by atoms with E-state index in [0.29, 0.717) is 0 Å². The normalized spacial score (nSPS) is 16.0. The molecule has 1 aliphatic rings. The van der Waals surface area contributed by atoms with Crippen molar-refractivity contribution < 1.29 is 35.1 Å². The van der Waals surface area contributed by atoms with Crippen LogP contribution in [0.1, 0.15) is 29.2 Å². The lowest BCUT2D eigenvalue weighted by atomic mass is 9.99. The average Bonchev–Trinajstić information content (AvgIpc) is 3.61. The van der Waals surface area contributed by atoms with Crippen molar-refractivity contribution in [3.8, 4) is 30.3 Å². The van der Waals surface area contributed by atoms with Crippen molar-refractivity contribution in [2.45, 2.75) is 6.92 Å². The molecule has 0 saturated heterocycles. The van der Waals surface area contributed by atoms with Crippen LogP contribution in [0.2, 0.25) is 0 Å². The standard InChI is InChI=1S/C24H3F8N5/c1-7(2-33)12-13(8(3-34)15-21(29)17(25)10(5-36)18(26)22(15)30)14(12)9(4-35)16-23(31)19(27)11(6-37)20(28)24(16)32/h1H3/b12-7-,13-8-,14-9?. The predicted octanol–water partition coefficient (Wildman–Crippen LogP) is 5.65. The molecule has 2 aromatic rings. The van der Waals surface area contributed by atoms with Gasteiger partial charge in [-0.15, -0.1) is 0 Å². The van der Waals surface area contributed by atoms with Gasteiger partial charge < -0.3 is 0 Å². The zero-order valence-electron chi connectivity index (χ0n) is 17.8. The molecular weight excluding hydrogens is 510 g/mol. The molecule has 1 saturated carbocycles. The maximum absolute atomic E-state index is 14.6. The highest BCUT2D eigenvalue weighted by Crippen LogP contribution is 2.55. The smallest absolute Gasteiger partial charge is 0.180 e. The second-order valence-electron chi connectivity index (χ2n) is 7.07. The summed E-state index contributed by atoms with van der Waals surface area (Å²) in [6, 6.07) is 5.72. The van der Waals surface area contributed by atoms with Gasteiger partial charge in [-0.2, -0.15) is 26.3 Å². The monoisotopic (exact) mass is 513 g/mol. The topological polar surface area (TPSA) is 119 Å². The largest absolute Gasteiger partial charge is 0.203 e. The van der Waals surface area contributed by atoms with Gasteiger partial charge in [-0.3, -0.25) is 0 Å². The molecule has 0 aliphatic heterocycles. The molecule has 0 amide bonds. The van der Waals surface area contributed by atoms with Gasteiger partial charge in [0.05, 0.1) is 28.3 Å². The summed E-state index contributed by atoms with van der Waals surface area (Å²) < 4.78 is 115. The molecule has 0 bridgehead atoms. The van der Waals surface area contributed by atoms with E-state index in [1.807, 2.05) is 0 Å². The van der Waals surface area contributed by atoms with E-state index < -0.39 is 102 Å². The van der Waals surface area contributed by atoms with Crippen LogP contribution in [0.3, 0.4) is 0 Å². The SMILES string of the molecule is C/C(C#N)=C1/C(=C(C#N)c2c(F)c(F)c(C#N)c(F)c2F)/C1=C(/C#N)c1c(F)c(F)c(C#N)c(F)c1F. The summed E-state index contributed by atoms with van der Waals surface area (Å²) in [5.74, 6) is -17.6. The molecule has 180 valence electrons. The van der Waals surface area contributed by atoms with Crippen molar-refractivity contribution in [1.29, 1.82) is 26.3 Å². The number of halogens is 8. The number of hydrogen-bond acceptors (Lipinski definition) is 5. The lowest BCUT2D eigenvalue weighted by molar-refractivity contribution is 0.446. The highest BCUT2D eigenvalue weighted by Gasteiger charge is 2.44. The van der Waals surface area contributed by atoms with Crippen LogP contribution in [0.5, 0.6) is 0 Å². The minimum atomic E-state index is -2.22. The summed E-state index contributed by atoms with van der Waals surface area (Å²) in [5, 5.41) is 45.8. The van der Waals surface area contributed by atoms with Crippen molar-refractivity contribution >= 4 is 11.1 Å². The minimum Gasteiger partial charge on any atom is -0.203 e. The number of allylic oxidation sites excluding steroid dienone is 6. The van der Waals surface area contributed by atoms with E-state index in [-0.39, 0.29) is 0 Å². The van der Waals surface area contributed by atoms with Crippen molar-refractivity contribution in [2.75, 3.05) is 0 Å². The minimum absolute atomic E-state index is 0.434. The lowest BCUT2D eigenvalue weighted by Crippen LogP contribution is -2.06. The summed E-state index contributed by atoms with van der Waals surface area (Å²) in [7, 11) is 0. The second kappa shape index (κ2) is 9.30. The van der Waals surface area contributed by atoms with Gasteiger partial charge in [-0.1, -0.05) is 0 Å². The Hall–Kier alpha value is -5.45. The van der Waals surface area contributed by atoms with Crippen LogP contribution in [0.15, 0.2) is 22.3 Å². The molecule has 3 rings (SSSR count). The van der Waals surface area contributed by atoms with E-state index in [2.05, 4.69) is 0 Å². The molecule has 0 N–H and O–H groups in total. The number of benzene rings is 2. The highest BCUT2D eigenvalue weighted by molar-refractivity contribution is 6.07. The van der Waals surface area contributed by atoms with Crippen LogP contribution < -0.4 is 0 Å². The zero-order chi connectivity index (χ0) is 27.9. The predicted molar refractivity (Wildman–Crippen MR) is 105 cm³/mol. The molecule has 13 heteroatoms. The van der Waals surface area contributed by atoms with Crippen LogP contribution in [0.4, 0.5) is 35.1 Å². The first-order valence-electron chi connectivity index (χ1n) is 9.38. The summed E-state index contributed by atoms with van der Waals surface area (Å²) in [4.78, 5) is 0. The Morgan fingerprint density at radius 1 is 0.459 bits per heavy atom. The third kappa shape index (κ3) is 3.65. The maximum atomic E-state index is 14.6. The molecular formula is C24H3F8N5. The fourth-order valence-corrected chi connectivity index (χ4v) is 3.49. The highest BCUT2D eigenvalue weighted by atomic mass is 19.2. The third-order valence-electron chi connectivity index (χ3n) is 5.20. The quantitative estimate of drug-likeness (QED) is 0.292. The Balaban J connectivity index is 2.58. The Bertz CT molecular complexity index is 1590. The summed E-state index contributed by atoms with van der Waals surface area (Å²) in [6.45, 7) is 1.02. The Kier molecular flexibility index (Phi) is 6.58. The third-order valence-corrected chi connectivity index (χ3v) is 5.20. The number of nitriles is 5. The molecule has 0 atom stereocenters. The average molecular weight is 513 g/mol. The molecule has 0 spiro atoms. The van der Waals surface area contributed by atoms with Crippen LogP contribution in [0.25, 0.3) is 11.1 Å². The van der Waals surface area contributed by atoms with Crippen molar-refractivity contribution in [1.82, 2.24) is 0 Å². The van der Waals surface area contributed by atoms with Crippen molar-refractivity contribution in [3.05, 3.63) is 91.1 Å². The van der Waals surface area contributed by atoms with Gasteiger partial charge >= 0.3 is 0 Å². The van der Waals surface area contributed by atoms with Crippen LogP contribution >= 0.6 is 0 Å². The van der Waals surface area contributed by atoms with Crippen LogP contribution in [0, 0.1) is 103 Å². The van der Waals surface area contributed by atoms with E-state index in [9.17, 15) is 50.9 Å². The first-order chi connectivity index (χ1) is 17.4. The molecule has 0 aromatic heterocycles. The molecule has 0 heterocycles. The Morgan fingerprint density at radius 2 is 0.757 bits per heavy atom.